The van der Waals surface area contributed by atoms with Crippen molar-refractivity contribution in [3.63, 3.8) is 0 Å². The fourth-order valence-electron chi connectivity index (χ4n) is 1.41. The van der Waals surface area contributed by atoms with Crippen LogP contribution in [0.5, 0.6) is 0 Å². The molecule has 0 bridgehead atoms. The summed E-state index contributed by atoms with van der Waals surface area (Å²) in [4.78, 5) is 7.32. The zero-order valence-corrected chi connectivity index (χ0v) is 9.10. The number of imidazole rings is 1. The van der Waals surface area contributed by atoms with Gasteiger partial charge in [-0.25, -0.2) is 4.98 Å². The molecule has 0 radical (unpaired) electrons. The summed E-state index contributed by atoms with van der Waals surface area (Å²) in [6.07, 6.45) is 2.99. The van der Waals surface area contributed by atoms with Crippen LogP contribution in [0, 0.1) is 0 Å². The number of rotatable bonds is 4. The van der Waals surface area contributed by atoms with Crippen molar-refractivity contribution in [1.82, 2.24) is 9.97 Å². The van der Waals surface area contributed by atoms with Gasteiger partial charge in [-0.3, -0.25) is 0 Å². The van der Waals surface area contributed by atoms with Crippen molar-refractivity contribution in [3.05, 3.63) is 30.1 Å². The van der Waals surface area contributed by atoms with E-state index in [9.17, 15) is 0 Å². The molecule has 0 amide bonds. The third kappa shape index (κ3) is 2.10. The van der Waals surface area contributed by atoms with E-state index in [2.05, 4.69) is 35.1 Å². The third-order valence-corrected chi connectivity index (χ3v) is 3.34. The Morgan fingerprint density at radius 2 is 2.36 bits per heavy atom. The number of fused-ring (bicyclic) bond motifs is 1. The zero-order chi connectivity index (χ0) is 9.80. The van der Waals surface area contributed by atoms with E-state index < -0.39 is 0 Å². The van der Waals surface area contributed by atoms with Gasteiger partial charge in [-0.2, -0.15) is 11.8 Å². The Balaban J connectivity index is 2.10. The molecule has 1 N–H and O–H groups in total. The van der Waals surface area contributed by atoms with E-state index in [4.69, 9.17) is 0 Å². The molecule has 0 aliphatic rings. The Morgan fingerprint density at radius 1 is 1.43 bits per heavy atom. The fraction of sp³-hybridized carbons (Fsp3) is 0.364. The highest BCUT2D eigenvalue weighted by atomic mass is 32.2. The first-order valence-corrected chi connectivity index (χ1v) is 6.05. The van der Waals surface area contributed by atoms with E-state index in [-0.39, 0.29) is 0 Å². The lowest BCUT2D eigenvalue weighted by Gasteiger charge is -2.00. The molecule has 0 saturated carbocycles. The molecule has 1 heterocycles. The monoisotopic (exact) mass is 206 g/mol. The van der Waals surface area contributed by atoms with Crippen LogP contribution in [0.25, 0.3) is 11.0 Å². The Kier molecular flexibility index (Phi) is 3.09. The summed E-state index contributed by atoms with van der Waals surface area (Å²) in [6.45, 7) is 2.21. The molecule has 0 unspecified atom stereocenters. The van der Waals surface area contributed by atoms with Gasteiger partial charge in [-0.05, 0) is 29.9 Å². The third-order valence-electron chi connectivity index (χ3n) is 2.10. The van der Waals surface area contributed by atoms with Gasteiger partial charge < -0.3 is 4.98 Å². The van der Waals surface area contributed by atoms with Gasteiger partial charge in [-0.15, -0.1) is 0 Å². The molecule has 0 saturated heterocycles. The maximum Gasteiger partial charge on any atom is 0.0931 e. The van der Waals surface area contributed by atoms with E-state index in [1.54, 1.807) is 6.33 Å². The minimum Gasteiger partial charge on any atom is -0.345 e. The smallest absolute Gasteiger partial charge is 0.0931 e. The Labute approximate surface area is 88.1 Å². The number of hydrogen-bond acceptors (Lipinski definition) is 2. The van der Waals surface area contributed by atoms with Crippen LogP contribution in [0.1, 0.15) is 18.9 Å². The van der Waals surface area contributed by atoms with Crippen molar-refractivity contribution in [2.75, 3.05) is 5.75 Å². The van der Waals surface area contributed by atoms with Gasteiger partial charge in [-0.1, -0.05) is 13.0 Å². The molecule has 0 spiro atoms. The van der Waals surface area contributed by atoms with Crippen molar-refractivity contribution < 1.29 is 0 Å². The minimum atomic E-state index is 1.05. The van der Waals surface area contributed by atoms with Crippen molar-refractivity contribution in [2.45, 2.75) is 19.1 Å². The Hall–Kier alpha value is -0.960. The normalized spacial score (nSPS) is 10.9. The molecule has 0 atom stereocenters. The van der Waals surface area contributed by atoms with E-state index in [1.807, 2.05) is 11.8 Å². The number of nitrogens with zero attached hydrogens (tertiary/aromatic N) is 1. The average molecular weight is 206 g/mol. The second kappa shape index (κ2) is 4.51. The van der Waals surface area contributed by atoms with Crippen LogP contribution in [0.4, 0.5) is 0 Å². The van der Waals surface area contributed by atoms with Gasteiger partial charge in [0.15, 0.2) is 0 Å². The van der Waals surface area contributed by atoms with Gasteiger partial charge in [0.25, 0.3) is 0 Å². The van der Waals surface area contributed by atoms with Gasteiger partial charge >= 0.3 is 0 Å². The summed E-state index contributed by atoms with van der Waals surface area (Å²) in [6, 6.07) is 6.42. The molecule has 1 aromatic heterocycles. The highest BCUT2D eigenvalue weighted by Gasteiger charge is 1.97. The maximum absolute atomic E-state index is 4.19. The van der Waals surface area contributed by atoms with Crippen molar-refractivity contribution >= 4 is 22.8 Å². The number of H-pyrrole nitrogens is 1. The average Bonchev–Trinajstić information content (AvgIpc) is 2.65. The number of hydrogen-bond donors (Lipinski definition) is 1. The molecule has 2 rings (SSSR count). The van der Waals surface area contributed by atoms with Gasteiger partial charge in [0.2, 0.25) is 0 Å². The summed E-state index contributed by atoms with van der Waals surface area (Å²) in [5, 5.41) is 0. The van der Waals surface area contributed by atoms with E-state index in [0.717, 1.165) is 16.8 Å². The standard InChI is InChI=1S/C11H14N2S/c1-2-5-14-7-9-3-4-10-11(6-9)13-8-12-10/h3-4,6,8H,2,5,7H2,1H3,(H,12,13). The topological polar surface area (TPSA) is 28.7 Å². The Bertz CT molecular complexity index is 408. The van der Waals surface area contributed by atoms with Crippen LogP contribution in [0.3, 0.4) is 0 Å². The molecule has 0 fully saturated rings. The van der Waals surface area contributed by atoms with E-state index in [0.29, 0.717) is 0 Å². The van der Waals surface area contributed by atoms with Crippen LogP contribution in [0.15, 0.2) is 24.5 Å². The van der Waals surface area contributed by atoms with E-state index >= 15 is 0 Å². The second-order valence-electron chi connectivity index (χ2n) is 3.31. The molecule has 0 aliphatic carbocycles. The molecule has 2 nitrogen and oxygen atoms in total. The fourth-order valence-corrected chi connectivity index (χ4v) is 2.26. The highest BCUT2D eigenvalue weighted by Crippen LogP contribution is 2.17. The number of benzene rings is 1. The van der Waals surface area contributed by atoms with Crippen LogP contribution < -0.4 is 0 Å². The number of nitrogens with one attached hydrogen (secondary N) is 1. The predicted octanol–water partition coefficient (Wildman–Crippen LogP) is 3.21. The molecule has 1 aromatic carbocycles. The largest absolute Gasteiger partial charge is 0.345 e. The highest BCUT2D eigenvalue weighted by molar-refractivity contribution is 7.98. The first kappa shape index (κ1) is 9.59. The summed E-state index contributed by atoms with van der Waals surface area (Å²) in [7, 11) is 0. The Morgan fingerprint density at radius 3 is 3.21 bits per heavy atom. The van der Waals surface area contributed by atoms with Gasteiger partial charge in [0.1, 0.15) is 0 Å². The number of thioether (sulfide) groups is 1. The zero-order valence-electron chi connectivity index (χ0n) is 8.29. The van der Waals surface area contributed by atoms with Crippen molar-refractivity contribution in [2.24, 2.45) is 0 Å². The molecule has 3 heteroatoms. The van der Waals surface area contributed by atoms with Crippen LogP contribution in [0.2, 0.25) is 0 Å². The van der Waals surface area contributed by atoms with E-state index in [1.165, 1.54) is 17.7 Å². The first-order chi connectivity index (χ1) is 6.90. The molecular weight excluding hydrogens is 192 g/mol. The van der Waals surface area contributed by atoms with Gasteiger partial charge in [0, 0.05) is 5.75 Å². The quantitative estimate of drug-likeness (QED) is 0.778. The lowest BCUT2D eigenvalue weighted by Crippen LogP contribution is -1.82. The van der Waals surface area contributed by atoms with Crippen LogP contribution in [-0.4, -0.2) is 15.7 Å². The second-order valence-corrected chi connectivity index (χ2v) is 4.41. The lowest BCUT2D eigenvalue weighted by atomic mass is 10.2. The van der Waals surface area contributed by atoms with Crippen LogP contribution >= 0.6 is 11.8 Å². The summed E-state index contributed by atoms with van der Waals surface area (Å²) < 4.78 is 0. The first-order valence-electron chi connectivity index (χ1n) is 4.90. The van der Waals surface area contributed by atoms with Crippen LogP contribution in [-0.2, 0) is 5.75 Å². The van der Waals surface area contributed by atoms with Crippen molar-refractivity contribution in [1.29, 1.82) is 0 Å². The molecule has 14 heavy (non-hydrogen) atoms. The summed E-state index contributed by atoms with van der Waals surface area (Å²) in [5.74, 6) is 2.34. The van der Waals surface area contributed by atoms with Gasteiger partial charge in [0.05, 0.1) is 17.4 Å². The number of aromatic nitrogens is 2. The molecular formula is C11H14N2S. The molecule has 74 valence electrons. The SMILES string of the molecule is CCCSCc1ccc2nc[nH]c2c1. The molecule has 2 aromatic rings. The molecule has 0 aliphatic heterocycles. The minimum absolute atomic E-state index is 1.05. The maximum atomic E-state index is 4.19. The van der Waals surface area contributed by atoms with Crippen molar-refractivity contribution in [3.8, 4) is 0 Å². The summed E-state index contributed by atoms with van der Waals surface area (Å²) in [5.41, 5.74) is 3.56. The predicted molar refractivity (Wildman–Crippen MR) is 62.5 cm³/mol. The summed E-state index contributed by atoms with van der Waals surface area (Å²) >= 11 is 1.98. The number of aromatic amines is 1. The lowest BCUT2D eigenvalue weighted by molar-refractivity contribution is 1.10.